The molecule has 2 amide bonds. The highest BCUT2D eigenvalue weighted by Gasteiger charge is 2.27. The van der Waals surface area contributed by atoms with Crippen LogP contribution in [0.5, 0.6) is 0 Å². The molecule has 0 saturated carbocycles. The molecule has 0 radical (unpaired) electrons. The maximum atomic E-state index is 12.0. The maximum Gasteiger partial charge on any atom is 0.248 e. The second kappa shape index (κ2) is 6.99. The zero-order valence-corrected chi connectivity index (χ0v) is 13.8. The number of nitrogens with one attached hydrogen (secondary N) is 1. The molecule has 1 saturated heterocycles. The van der Waals surface area contributed by atoms with Gasteiger partial charge in [0.15, 0.2) is 0 Å². The average molecular weight is 339 g/mol. The molecule has 1 aromatic rings. The number of primary amides is 1. The summed E-state index contributed by atoms with van der Waals surface area (Å²) in [4.78, 5) is 25.1. The smallest absolute Gasteiger partial charge is 0.248 e. The number of anilines is 1. The predicted octanol–water partition coefficient (Wildman–Crippen LogP) is 0.468. The molecular formula is C15H21N3O4S. The lowest BCUT2D eigenvalue weighted by Crippen LogP contribution is -2.42. The Morgan fingerprint density at radius 1 is 1.22 bits per heavy atom. The highest BCUT2D eigenvalue weighted by Crippen LogP contribution is 2.24. The van der Waals surface area contributed by atoms with Crippen molar-refractivity contribution in [2.75, 3.05) is 23.7 Å². The number of nitrogens with two attached hydrogens (primary N) is 1. The second-order valence-corrected chi connectivity index (χ2v) is 7.55. The van der Waals surface area contributed by atoms with E-state index in [0.29, 0.717) is 31.5 Å². The van der Waals surface area contributed by atoms with Crippen molar-refractivity contribution in [1.29, 1.82) is 0 Å². The Bertz CT molecular complexity index is 677. The molecule has 0 aliphatic carbocycles. The first-order valence-electron chi connectivity index (χ1n) is 7.51. The molecule has 126 valence electrons. The largest absolute Gasteiger partial charge is 0.371 e. The fraction of sp³-hybridized carbons (Fsp3) is 0.467. The van der Waals surface area contributed by atoms with Crippen LogP contribution >= 0.6 is 0 Å². The molecule has 1 heterocycles. The summed E-state index contributed by atoms with van der Waals surface area (Å²) >= 11 is 0. The minimum Gasteiger partial charge on any atom is -0.371 e. The van der Waals surface area contributed by atoms with Crippen LogP contribution in [0, 0.1) is 5.92 Å². The van der Waals surface area contributed by atoms with Gasteiger partial charge in [-0.05, 0) is 44.0 Å². The number of benzene rings is 1. The van der Waals surface area contributed by atoms with Crippen molar-refractivity contribution >= 4 is 27.5 Å². The van der Waals surface area contributed by atoms with E-state index in [0.717, 1.165) is 5.69 Å². The summed E-state index contributed by atoms with van der Waals surface area (Å²) in [5, 5.41) is 0. The fourth-order valence-electron chi connectivity index (χ4n) is 2.55. The lowest BCUT2D eigenvalue weighted by atomic mass is 9.96. The monoisotopic (exact) mass is 339 g/mol. The van der Waals surface area contributed by atoms with Gasteiger partial charge in [-0.15, -0.1) is 0 Å². The van der Waals surface area contributed by atoms with Gasteiger partial charge in [-0.1, -0.05) is 0 Å². The number of hydrogen-bond donors (Lipinski definition) is 2. The van der Waals surface area contributed by atoms with E-state index in [-0.39, 0.29) is 11.7 Å². The van der Waals surface area contributed by atoms with Crippen LogP contribution < -0.4 is 15.4 Å². The number of sulfonamides is 1. The molecule has 8 heteroatoms. The molecule has 0 bridgehead atoms. The molecule has 7 nitrogen and oxygen atoms in total. The summed E-state index contributed by atoms with van der Waals surface area (Å²) in [6.07, 6.45) is 1.17. The van der Waals surface area contributed by atoms with Gasteiger partial charge in [0.25, 0.3) is 0 Å². The van der Waals surface area contributed by atoms with Crippen molar-refractivity contribution in [3.05, 3.63) is 29.8 Å². The summed E-state index contributed by atoms with van der Waals surface area (Å²) in [7, 11) is -3.50. The Balaban J connectivity index is 1.93. The van der Waals surface area contributed by atoms with Crippen LogP contribution in [0.3, 0.4) is 0 Å². The molecule has 1 aromatic carbocycles. The van der Waals surface area contributed by atoms with Crippen molar-refractivity contribution in [3.8, 4) is 0 Å². The molecule has 1 aliphatic rings. The molecule has 2 rings (SSSR count). The first-order valence-corrected chi connectivity index (χ1v) is 9.17. The third-order valence-electron chi connectivity index (χ3n) is 4.02. The van der Waals surface area contributed by atoms with E-state index in [4.69, 9.17) is 5.73 Å². The average Bonchev–Trinajstić information content (AvgIpc) is 2.54. The van der Waals surface area contributed by atoms with Crippen LogP contribution in [0.25, 0.3) is 0 Å². The van der Waals surface area contributed by atoms with Gasteiger partial charge in [0.05, 0.1) is 5.75 Å². The third kappa shape index (κ3) is 4.44. The van der Waals surface area contributed by atoms with Crippen molar-refractivity contribution < 1.29 is 18.0 Å². The van der Waals surface area contributed by atoms with Crippen molar-refractivity contribution in [2.24, 2.45) is 11.7 Å². The van der Waals surface area contributed by atoms with E-state index in [1.165, 1.54) is 6.92 Å². The quantitative estimate of drug-likeness (QED) is 0.810. The number of amides is 2. The van der Waals surface area contributed by atoms with Gasteiger partial charge in [-0.3, -0.25) is 14.3 Å². The van der Waals surface area contributed by atoms with Crippen molar-refractivity contribution in [3.63, 3.8) is 0 Å². The number of hydrogen-bond acceptors (Lipinski definition) is 5. The van der Waals surface area contributed by atoms with E-state index in [2.05, 4.69) is 9.62 Å². The summed E-state index contributed by atoms with van der Waals surface area (Å²) in [6, 6.07) is 6.98. The second-order valence-electron chi connectivity index (χ2n) is 5.54. The maximum absolute atomic E-state index is 12.0. The number of carbonyl (C=O) groups excluding carboxylic acids is 2. The van der Waals surface area contributed by atoms with Gasteiger partial charge < -0.3 is 10.6 Å². The van der Waals surface area contributed by atoms with Crippen molar-refractivity contribution in [2.45, 2.75) is 19.8 Å². The molecule has 0 aromatic heterocycles. The lowest BCUT2D eigenvalue weighted by Gasteiger charge is -2.33. The van der Waals surface area contributed by atoms with Crippen LogP contribution in [0.15, 0.2) is 24.3 Å². The zero-order chi connectivity index (χ0) is 17.0. The van der Waals surface area contributed by atoms with Gasteiger partial charge >= 0.3 is 0 Å². The number of nitrogens with zero attached hydrogens (tertiary/aromatic N) is 1. The molecule has 0 unspecified atom stereocenters. The molecule has 1 fully saturated rings. The third-order valence-corrected chi connectivity index (χ3v) is 5.29. The van der Waals surface area contributed by atoms with Crippen LogP contribution in [-0.2, 0) is 14.8 Å². The normalized spacial score (nSPS) is 16.1. The lowest BCUT2D eigenvalue weighted by molar-refractivity contribution is -0.123. The highest BCUT2D eigenvalue weighted by molar-refractivity contribution is 7.90. The minimum atomic E-state index is -3.50. The molecule has 3 N–H and O–H groups in total. The van der Waals surface area contributed by atoms with Gasteiger partial charge in [0.1, 0.15) is 0 Å². The SMILES string of the molecule is CCS(=O)(=O)NC(=O)C1CCN(c2ccc(C(N)=O)cc2)CC1. The Hall–Kier alpha value is -2.09. The van der Waals surface area contributed by atoms with Crippen LogP contribution in [0.2, 0.25) is 0 Å². The Labute approximate surface area is 135 Å². The first-order chi connectivity index (χ1) is 10.8. The first kappa shape index (κ1) is 17.3. The van der Waals surface area contributed by atoms with Gasteiger partial charge in [0, 0.05) is 30.3 Å². The number of piperidine rings is 1. The summed E-state index contributed by atoms with van der Waals surface area (Å²) in [6.45, 7) is 2.80. The summed E-state index contributed by atoms with van der Waals surface area (Å²) < 4.78 is 25.0. The van der Waals surface area contributed by atoms with Crippen LogP contribution in [0.4, 0.5) is 5.69 Å². The van der Waals surface area contributed by atoms with E-state index in [9.17, 15) is 18.0 Å². The van der Waals surface area contributed by atoms with E-state index in [1.807, 2.05) is 12.1 Å². The summed E-state index contributed by atoms with van der Waals surface area (Å²) in [5.74, 6) is -1.29. The molecule has 0 atom stereocenters. The van der Waals surface area contributed by atoms with Crippen LogP contribution in [-0.4, -0.2) is 39.1 Å². The Morgan fingerprint density at radius 2 is 1.78 bits per heavy atom. The minimum absolute atomic E-state index is 0.107. The fourth-order valence-corrected chi connectivity index (χ4v) is 3.16. The Kier molecular flexibility index (Phi) is 5.25. The highest BCUT2D eigenvalue weighted by atomic mass is 32.2. The van der Waals surface area contributed by atoms with E-state index in [1.54, 1.807) is 12.1 Å². The van der Waals surface area contributed by atoms with Crippen LogP contribution in [0.1, 0.15) is 30.1 Å². The van der Waals surface area contributed by atoms with Gasteiger partial charge in [-0.25, -0.2) is 8.42 Å². The Morgan fingerprint density at radius 3 is 2.26 bits per heavy atom. The van der Waals surface area contributed by atoms with Gasteiger partial charge in [-0.2, -0.15) is 0 Å². The molecular weight excluding hydrogens is 318 g/mol. The van der Waals surface area contributed by atoms with E-state index < -0.39 is 21.8 Å². The number of carbonyl (C=O) groups is 2. The van der Waals surface area contributed by atoms with Crippen molar-refractivity contribution in [1.82, 2.24) is 4.72 Å². The van der Waals surface area contributed by atoms with Gasteiger partial charge in [0.2, 0.25) is 21.8 Å². The summed E-state index contributed by atoms with van der Waals surface area (Å²) in [5.41, 5.74) is 6.61. The topological polar surface area (TPSA) is 110 Å². The molecule has 23 heavy (non-hydrogen) atoms. The zero-order valence-electron chi connectivity index (χ0n) is 13.0. The number of rotatable bonds is 5. The standard InChI is InChI=1S/C15H21N3O4S/c1-2-23(21,22)17-15(20)12-7-9-18(10-8-12)13-5-3-11(4-6-13)14(16)19/h3-6,12H,2,7-10H2,1H3,(H2,16,19)(H,17,20). The molecule has 0 spiro atoms. The molecule has 1 aliphatic heterocycles. The van der Waals surface area contributed by atoms with E-state index >= 15 is 0 Å². The predicted molar refractivity (Wildman–Crippen MR) is 87.5 cm³/mol.